The van der Waals surface area contributed by atoms with Crippen molar-refractivity contribution in [2.24, 2.45) is 0 Å². The van der Waals surface area contributed by atoms with Crippen LogP contribution in [0.15, 0.2) is 36.4 Å². The van der Waals surface area contributed by atoms with E-state index in [1.807, 2.05) is 19.9 Å². The molecule has 0 heterocycles. The predicted octanol–water partition coefficient (Wildman–Crippen LogP) is 4.80. The Morgan fingerprint density at radius 1 is 1.00 bits per heavy atom. The van der Waals surface area contributed by atoms with E-state index >= 15 is 0 Å². The van der Waals surface area contributed by atoms with Gasteiger partial charge in [0, 0.05) is 11.3 Å². The van der Waals surface area contributed by atoms with Crippen LogP contribution >= 0.6 is 11.6 Å². The van der Waals surface area contributed by atoms with Crippen molar-refractivity contribution in [1.82, 2.24) is 0 Å². The van der Waals surface area contributed by atoms with Gasteiger partial charge in [-0.3, -0.25) is 4.79 Å². The molecule has 2 aromatic rings. The van der Waals surface area contributed by atoms with Crippen LogP contribution in [-0.4, -0.2) is 11.8 Å². The Morgan fingerprint density at radius 2 is 1.64 bits per heavy atom. The molecule has 0 bridgehead atoms. The number of benzene rings is 2. The number of nitrogens with one attached hydrogen (secondary N) is 2. The molecular formula is C17H17ClN2O2. The summed E-state index contributed by atoms with van der Waals surface area (Å²) in [6.07, 6.45) is 0. The molecule has 0 aliphatic carbocycles. The van der Waals surface area contributed by atoms with Crippen LogP contribution in [0.25, 0.3) is 0 Å². The van der Waals surface area contributed by atoms with Gasteiger partial charge in [-0.15, -0.1) is 0 Å². The van der Waals surface area contributed by atoms with Crippen LogP contribution in [0, 0.1) is 13.8 Å². The maximum atomic E-state index is 12.0. The molecule has 2 N–H and O–H groups in total. The van der Waals surface area contributed by atoms with Crippen LogP contribution in [0.2, 0.25) is 5.02 Å². The Morgan fingerprint density at radius 3 is 2.18 bits per heavy atom. The number of Topliss-reactive ketones (excluding diaryl/α,β-unsaturated/α-hetero) is 1. The summed E-state index contributed by atoms with van der Waals surface area (Å²) >= 11 is 6.16. The zero-order valence-corrected chi connectivity index (χ0v) is 13.4. The highest BCUT2D eigenvalue weighted by molar-refractivity contribution is 6.34. The van der Waals surface area contributed by atoms with E-state index in [0.717, 1.165) is 11.1 Å². The molecule has 0 fully saturated rings. The number of anilines is 2. The van der Waals surface area contributed by atoms with Gasteiger partial charge in [-0.05, 0) is 62.2 Å². The molecule has 22 heavy (non-hydrogen) atoms. The van der Waals surface area contributed by atoms with Gasteiger partial charge in [-0.25, -0.2) is 4.79 Å². The minimum atomic E-state index is -0.385. The number of carbonyl (C=O) groups is 2. The Bertz CT molecular complexity index is 701. The average molecular weight is 317 g/mol. The maximum absolute atomic E-state index is 12.0. The summed E-state index contributed by atoms with van der Waals surface area (Å²) in [4.78, 5) is 23.3. The largest absolute Gasteiger partial charge is 0.323 e. The lowest BCUT2D eigenvalue weighted by atomic mass is 10.1. The maximum Gasteiger partial charge on any atom is 0.323 e. The van der Waals surface area contributed by atoms with E-state index in [0.29, 0.717) is 22.0 Å². The molecule has 0 radical (unpaired) electrons. The summed E-state index contributed by atoms with van der Waals surface area (Å²) < 4.78 is 0. The fourth-order valence-corrected chi connectivity index (χ4v) is 2.51. The second-order valence-electron chi connectivity index (χ2n) is 5.15. The molecule has 0 aliphatic rings. The second-order valence-corrected chi connectivity index (χ2v) is 5.56. The highest BCUT2D eigenvalue weighted by Crippen LogP contribution is 2.27. The lowest BCUT2D eigenvalue weighted by Crippen LogP contribution is -2.20. The second kappa shape index (κ2) is 6.62. The highest BCUT2D eigenvalue weighted by atomic mass is 35.5. The Hall–Kier alpha value is -2.33. The summed E-state index contributed by atoms with van der Waals surface area (Å²) in [6.45, 7) is 5.33. The van der Waals surface area contributed by atoms with E-state index in [-0.39, 0.29) is 11.8 Å². The van der Waals surface area contributed by atoms with Crippen LogP contribution in [0.3, 0.4) is 0 Å². The zero-order chi connectivity index (χ0) is 16.3. The summed E-state index contributed by atoms with van der Waals surface area (Å²) in [5, 5.41) is 5.95. The van der Waals surface area contributed by atoms with Crippen molar-refractivity contribution in [3.63, 3.8) is 0 Å². The molecule has 0 aliphatic heterocycles. The zero-order valence-electron chi connectivity index (χ0n) is 12.7. The third-order valence-electron chi connectivity index (χ3n) is 3.22. The molecular weight excluding hydrogens is 300 g/mol. The van der Waals surface area contributed by atoms with Gasteiger partial charge < -0.3 is 10.6 Å². The van der Waals surface area contributed by atoms with E-state index in [1.165, 1.54) is 6.92 Å². The van der Waals surface area contributed by atoms with Gasteiger partial charge in [0.05, 0.1) is 10.7 Å². The Labute approximate surface area is 134 Å². The normalized spacial score (nSPS) is 10.2. The number of hydrogen-bond acceptors (Lipinski definition) is 2. The van der Waals surface area contributed by atoms with Crippen LogP contribution in [0.4, 0.5) is 16.2 Å². The number of hydrogen-bond donors (Lipinski definition) is 2. The van der Waals surface area contributed by atoms with Gasteiger partial charge in [0.1, 0.15) is 0 Å². The van der Waals surface area contributed by atoms with Crippen LogP contribution in [0.1, 0.15) is 28.4 Å². The van der Waals surface area contributed by atoms with Crippen molar-refractivity contribution >= 4 is 34.8 Å². The molecule has 4 nitrogen and oxygen atoms in total. The van der Waals surface area contributed by atoms with E-state index < -0.39 is 0 Å². The monoisotopic (exact) mass is 316 g/mol. The summed E-state index contributed by atoms with van der Waals surface area (Å²) in [5.74, 6) is -0.0157. The molecule has 2 amide bonds. The lowest BCUT2D eigenvalue weighted by Gasteiger charge is -2.12. The van der Waals surface area contributed by atoms with Crippen LogP contribution in [-0.2, 0) is 0 Å². The van der Waals surface area contributed by atoms with Crippen molar-refractivity contribution in [2.75, 3.05) is 10.6 Å². The van der Waals surface area contributed by atoms with Gasteiger partial charge >= 0.3 is 6.03 Å². The number of amides is 2. The number of urea groups is 1. The fourth-order valence-electron chi connectivity index (χ4n) is 2.14. The van der Waals surface area contributed by atoms with Crippen LogP contribution in [0.5, 0.6) is 0 Å². The smallest absolute Gasteiger partial charge is 0.308 e. The van der Waals surface area contributed by atoms with E-state index in [1.54, 1.807) is 30.3 Å². The van der Waals surface area contributed by atoms with Gasteiger partial charge in [0.2, 0.25) is 0 Å². The summed E-state index contributed by atoms with van der Waals surface area (Å²) in [5.41, 5.74) is 3.72. The van der Waals surface area contributed by atoms with Crippen molar-refractivity contribution in [3.05, 3.63) is 58.1 Å². The van der Waals surface area contributed by atoms with E-state index in [2.05, 4.69) is 10.6 Å². The van der Waals surface area contributed by atoms with Crippen molar-refractivity contribution in [1.29, 1.82) is 0 Å². The SMILES string of the molecule is CC(=O)c1ccc(NC(=O)Nc2c(C)cc(C)cc2Cl)cc1. The van der Waals surface area contributed by atoms with Crippen molar-refractivity contribution in [2.45, 2.75) is 20.8 Å². The first-order valence-corrected chi connectivity index (χ1v) is 7.20. The first-order valence-electron chi connectivity index (χ1n) is 6.82. The molecule has 0 saturated heterocycles. The molecule has 0 spiro atoms. The molecule has 5 heteroatoms. The quantitative estimate of drug-likeness (QED) is 0.799. The van der Waals surface area contributed by atoms with Gasteiger partial charge in [-0.1, -0.05) is 17.7 Å². The Kier molecular flexibility index (Phi) is 4.83. The molecule has 0 aromatic heterocycles. The standard InChI is InChI=1S/C17H17ClN2O2/c1-10-8-11(2)16(15(18)9-10)20-17(22)19-14-6-4-13(5-7-14)12(3)21/h4-9H,1-3H3,(H2,19,20,22). The Balaban J connectivity index is 2.09. The first kappa shape index (κ1) is 16.0. The first-order chi connectivity index (χ1) is 10.4. The fraction of sp³-hybridized carbons (Fsp3) is 0.176. The van der Waals surface area contributed by atoms with Gasteiger partial charge in [0.25, 0.3) is 0 Å². The average Bonchev–Trinajstić information content (AvgIpc) is 2.43. The van der Waals surface area contributed by atoms with Crippen molar-refractivity contribution in [3.8, 4) is 0 Å². The van der Waals surface area contributed by atoms with E-state index in [9.17, 15) is 9.59 Å². The number of aryl methyl sites for hydroxylation is 2. The van der Waals surface area contributed by atoms with Gasteiger partial charge in [-0.2, -0.15) is 0 Å². The molecule has 2 aromatic carbocycles. The van der Waals surface area contributed by atoms with Crippen LogP contribution < -0.4 is 10.6 Å². The summed E-state index contributed by atoms with van der Waals surface area (Å²) in [6, 6.07) is 10.1. The minimum Gasteiger partial charge on any atom is -0.308 e. The third-order valence-corrected chi connectivity index (χ3v) is 3.52. The predicted molar refractivity (Wildman–Crippen MR) is 90.0 cm³/mol. The lowest BCUT2D eigenvalue weighted by molar-refractivity contribution is 0.101. The molecule has 0 unspecified atom stereocenters. The number of rotatable bonds is 3. The third kappa shape index (κ3) is 3.86. The topological polar surface area (TPSA) is 58.2 Å². The molecule has 2 rings (SSSR count). The minimum absolute atomic E-state index is 0.0157. The molecule has 0 saturated carbocycles. The molecule has 114 valence electrons. The number of carbonyl (C=O) groups excluding carboxylic acids is 2. The van der Waals surface area contributed by atoms with Crippen molar-refractivity contribution < 1.29 is 9.59 Å². The molecule has 0 atom stereocenters. The highest BCUT2D eigenvalue weighted by Gasteiger charge is 2.10. The number of ketones is 1. The van der Waals surface area contributed by atoms with E-state index in [4.69, 9.17) is 11.6 Å². The number of halogens is 1. The summed E-state index contributed by atoms with van der Waals surface area (Å²) in [7, 11) is 0. The van der Waals surface area contributed by atoms with Gasteiger partial charge in [0.15, 0.2) is 5.78 Å².